The van der Waals surface area contributed by atoms with Crippen molar-refractivity contribution in [3.63, 3.8) is 0 Å². The minimum absolute atomic E-state index is 0.0120. The van der Waals surface area contributed by atoms with Crippen molar-refractivity contribution in [3.8, 4) is 5.75 Å². The second kappa shape index (κ2) is 5.10. The Morgan fingerprint density at radius 1 is 1.17 bits per heavy atom. The van der Waals surface area contributed by atoms with Crippen molar-refractivity contribution >= 4 is 23.2 Å². The lowest BCUT2D eigenvalue weighted by Gasteiger charge is -2.09. The molecule has 2 aromatic rings. The number of amides is 1. The Morgan fingerprint density at radius 3 is 2.61 bits per heavy atom. The van der Waals surface area contributed by atoms with Gasteiger partial charge in [-0.25, -0.2) is 0 Å². The van der Waals surface area contributed by atoms with Crippen LogP contribution in [0.3, 0.4) is 0 Å². The van der Waals surface area contributed by atoms with E-state index in [2.05, 4.69) is 5.32 Å². The van der Waals surface area contributed by atoms with Crippen molar-refractivity contribution < 1.29 is 9.90 Å². The topological polar surface area (TPSA) is 49.3 Å². The van der Waals surface area contributed by atoms with Crippen LogP contribution >= 0.6 is 11.6 Å². The second-order valence-electron chi connectivity index (χ2n) is 3.91. The van der Waals surface area contributed by atoms with Crippen molar-refractivity contribution in [1.82, 2.24) is 0 Å². The normalized spacial score (nSPS) is 10.1. The molecule has 3 nitrogen and oxygen atoms in total. The van der Waals surface area contributed by atoms with Gasteiger partial charge in [-0.15, -0.1) is 0 Å². The molecule has 0 aliphatic rings. The highest BCUT2D eigenvalue weighted by molar-refractivity contribution is 6.33. The van der Waals surface area contributed by atoms with Gasteiger partial charge in [-0.1, -0.05) is 35.9 Å². The van der Waals surface area contributed by atoms with Crippen molar-refractivity contribution in [3.05, 3.63) is 58.6 Å². The fraction of sp³-hybridized carbons (Fsp3) is 0.0714. The van der Waals surface area contributed by atoms with Gasteiger partial charge in [-0.05, 0) is 30.7 Å². The van der Waals surface area contributed by atoms with Crippen molar-refractivity contribution in [2.24, 2.45) is 0 Å². The number of phenols is 1. The van der Waals surface area contributed by atoms with Crippen LogP contribution in [0.2, 0.25) is 5.02 Å². The summed E-state index contributed by atoms with van der Waals surface area (Å²) in [6, 6.07) is 12.0. The molecule has 18 heavy (non-hydrogen) atoms. The average Bonchev–Trinajstić information content (AvgIpc) is 2.35. The van der Waals surface area contributed by atoms with E-state index in [4.69, 9.17) is 11.6 Å². The molecule has 0 atom stereocenters. The summed E-state index contributed by atoms with van der Waals surface area (Å²) >= 11 is 5.95. The number of aryl methyl sites for hydroxylation is 1. The summed E-state index contributed by atoms with van der Waals surface area (Å²) in [5.41, 5.74) is 1.40. The molecule has 0 saturated carbocycles. The number of phenolic OH excluding ortho intramolecular Hbond substituents is 1. The van der Waals surface area contributed by atoms with E-state index in [-0.39, 0.29) is 17.2 Å². The predicted molar refractivity (Wildman–Crippen MR) is 72.2 cm³/mol. The second-order valence-corrected chi connectivity index (χ2v) is 4.31. The van der Waals surface area contributed by atoms with E-state index in [9.17, 15) is 9.90 Å². The highest BCUT2D eigenvalue weighted by Gasteiger charge is 2.13. The van der Waals surface area contributed by atoms with Crippen molar-refractivity contribution in [2.45, 2.75) is 6.92 Å². The monoisotopic (exact) mass is 261 g/mol. The number of carbonyl (C=O) groups is 1. The molecule has 2 rings (SSSR count). The van der Waals surface area contributed by atoms with Crippen LogP contribution in [0.4, 0.5) is 5.69 Å². The lowest BCUT2D eigenvalue weighted by Crippen LogP contribution is -2.12. The van der Waals surface area contributed by atoms with Crippen molar-refractivity contribution in [2.75, 3.05) is 5.32 Å². The SMILES string of the molecule is Cc1cccc(C(=O)Nc2ccccc2Cl)c1O. The zero-order chi connectivity index (χ0) is 13.1. The van der Waals surface area contributed by atoms with Crippen LogP contribution in [-0.2, 0) is 0 Å². The minimum Gasteiger partial charge on any atom is -0.507 e. The predicted octanol–water partition coefficient (Wildman–Crippen LogP) is 3.61. The Bertz CT molecular complexity index is 596. The lowest BCUT2D eigenvalue weighted by molar-refractivity contribution is 0.102. The Hall–Kier alpha value is -2.00. The van der Waals surface area contributed by atoms with Gasteiger partial charge in [-0.3, -0.25) is 4.79 Å². The van der Waals surface area contributed by atoms with Gasteiger partial charge in [0.25, 0.3) is 5.91 Å². The molecule has 0 radical (unpaired) electrons. The summed E-state index contributed by atoms with van der Waals surface area (Å²) in [4.78, 5) is 12.0. The molecule has 0 saturated heterocycles. The molecule has 4 heteroatoms. The van der Waals surface area contributed by atoms with Gasteiger partial charge in [0.2, 0.25) is 0 Å². The number of rotatable bonds is 2. The molecule has 1 amide bonds. The smallest absolute Gasteiger partial charge is 0.259 e. The number of para-hydroxylation sites is 2. The van der Waals surface area contributed by atoms with Gasteiger partial charge in [0.05, 0.1) is 16.3 Å². The Balaban J connectivity index is 2.28. The fourth-order valence-corrected chi connectivity index (χ4v) is 1.78. The average molecular weight is 262 g/mol. The molecule has 0 aliphatic heterocycles. The maximum atomic E-state index is 12.0. The summed E-state index contributed by atoms with van der Waals surface area (Å²) in [5, 5.41) is 12.9. The van der Waals surface area contributed by atoms with Crippen LogP contribution in [0.25, 0.3) is 0 Å². The van der Waals surface area contributed by atoms with E-state index in [0.717, 1.165) is 0 Å². The van der Waals surface area contributed by atoms with Crippen LogP contribution in [0.1, 0.15) is 15.9 Å². The first-order valence-corrected chi connectivity index (χ1v) is 5.82. The third-order valence-corrected chi connectivity index (χ3v) is 2.93. The maximum Gasteiger partial charge on any atom is 0.259 e. The number of halogens is 1. The minimum atomic E-state index is -0.385. The van der Waals surface area contributed by atoms with E-state index in [1.54, 1.807) is 49.4 Å². The number of hydrogen-bond donors (Lipinski definition) is 2. The van der Waals surface area contributed by atoms with Crippen LogP contribution in [0.5, 0.6) is 5.75 Å². The third-order valence-electron chi connectivity index (χ3n) is 2.60. The molecule has 0 bridgehead atoms. The lowest BCUT2D eigenvalue weighted by atomic mass is 10.1. The third kappa shape index (κ3) is 2.46. The molecule has 2 N–H and O–H groups in total. The Labute approximate surface area is 110 Å². The molecule has 0 heterocycles. The van der Waals surface area contributed by atoms with Gasteiger partial charge in [0.1, 0.15) is 5.75 Å². The fourth-order valence-electron chi connectivity index (χ4n) is 1.59. The van der Waals surface area contributed by atoms with Crippen molar-refractivity contribution in [1.29, 1.82) is 0 Å². The van der Waals surface area contributed by atoms with Gasteiger partial charge < -0.3 is 10.4 Å². The Kier molecular flexibility index (Phi) is 3.53. The first kappa shape index (κ1) is 12.5. The molecule has 0 aromatic heterocycles. The first-order chi connectivity index (χ1) is 8.59. The molecular weight excluding hydrogens is 250 g/mol. The quantitative estimate of drug-likeness (QED) is 0.868. The van der Waals surface area contributed by atoms with Gasteiger partial charge in [0.15, 0.2) is 0 Å². The van der Waals surface area contributed by atoms with Gasteiger partial charge >= 0.3 is 0 Å². The zero-order valence-corrected chi connectivity index (χ0v) is 10.5. The summed E-state index contributed by atoms with van der Waals surface area (Å²) in [6.45, 7) is 1.74. The molecular formula is C14H12ClNO2. The van der Waals surface area contributed by atoms with E-state index in [1.165, 1.54) is 0 Å². The molecule has 0 unspecified atom stereocenters. The van der Waals surface area contributed by atoms with Gasteiger partial charge in [-0.2, -0.15) is 0 Å². The number of benzene rings is 2. The largest absolute Gasteiger partial charge is 0.507 e. The number of nitrogens with one attached hydrogen (secondary N) is 1. The van der Waals surface area contributed by atoms with E-state index in [1.807, 2.05) is 0 Å². The Morgan fingerprint density at radius 2 is 1.89 bits per heavy atom. The summed E-state index contributed by atoms with van der Waals surface area (Å²) in [6.07, 6.45) is 0. The zero-order valence-electron chi connectivity index (χ0n) is 9.77. The van der Waals surface area contributed by atoms with E-state index < -0.39 is 0 Å². The summed E-state index contributed by atoms with van der Waals surface area (Å²) < 4.78 is 0. The summed E-state index contributed by atoms with van der Waals surface area (Å²) in [7, 11) is 0. The van der Waals surface area contributed by atoms with Crippen LogP contribution in [0, 0.1) is 6.92 Å². The molecule has 0 fully saturated rings. The number of aromatic hydroxyl groups is 1. The molecule has 92 valence electrons. The van der Waals surface area contributed by atoms with Crippen LogP contribution in [0.15, 0.2) is 42.5 Å². The molecule has 0 spiro atoms. The highest BCUT2D eigenvalue weighted by atomic mass is 35.5. The van der Waals surface area contributed by atoms with E-state index in [0.29, 0.717) is 16.3 Å². The first-order valence-electron chi connectivity index (χ1n) is 5.44. The highest BCUT2D eigenvalue weighted by Crippen LogP contribution is 2.25. The van der Waals surface area contributed by atoms with E-state index >= 15 is 0 Å². The van der Waals surface area contributed by atoms with Gasteiger partial charge in [0, 0.05) is 0 Å². The standard InChI is InChI=1S/C14H12ClNO2/c1-9-5-4-6-10(13(9)17)14(18)16-12-8-3-2-7-11(12)15/h2-8,17H,1H3,(H,16,18). The molecule has 0 aliphatic carbocycles. The van der Waals surface area contributed by atoms with Crippen LogP contribution < -0.4 is 5.32 Å². The number of hydrogen-bond acceptors (Lipinski definition) is 2. The van der Waals surface area contributed by atoms with Crippen LogP contribution in [-0.4, -0.2) is 11.0 Å². The number of carbonyl (C=O) groups excluding carboxylic acids is 1. The maximum absolute atomic E-state index is 12.0. The summed E-state index contributed by atoms with van der Waals surface area (Å²) in [5.74, 6) is -0.397. The number of anilines is 1. The molecule has 2 aromatic carbocycles.